The molecule has 0 bridgehead atoms. The van der Waals surface area contributed by atoms with Gasteiger partial charge in [0.05, 0.1) is 24.4 Å². The van der Waals surface area contributed by atoms with Crippen LogP contribution in [0.25, 0.3) is 0 Å². The summed E-state index contributed by atoms with van der Waals surface area (Å²) in [7, 11) is 2.96. The van der Waals surface area contributed by atoms with E-state index in [0.717, 1.165) is 11.1 Å². The number of pyridine rings is 1. The highest BCUT2D eigenvalue weighted by Gasteiger charge is 2.14. The molecule has 0 amide bonds. The quantitative estimate of drug-likeness (QED) is 0.779. The molecule has 0 aliphatic carbocycles. The van der Waals surface area contributed by atoms with Crippen molar-refractivity contribution in [3.8, 4) is 17.2 Å². The molecule has 7 heteroatoms. The number of ether oxygens (including phenoxy) is 2. The van der Waals surface area contributed by atoms with Crippen molar-refractivity contribution in [2.45, 2.75) is 6.42 Å². The van der Waals surface area contributed by atoms with Gasteiger partial charge in [-0.05, 0) is 39.2 Å². The Hall–Kier alpha value is -2.15. The molecule has 0 atom stereocenters. The highest BCUT2D eigenvalue weighted by molar-refractivity contribution is 9.10. The lowest BCUT2D eigenvalue weighted by molar-refractivity contribution is 0.339. The van der Waals surface area contributed by atoms with Gasteiger partial charge in [-0.1, -0.05) is 0 Å². The zero-order valence-electron chi connectivity index (χ0n) is 11.7. The number of anilines is 2. The Morgan fingerprint density at radius 2 is 1.76 bits per heavy atom. The monoisotopic (exact) mass is 353 g/mol. The first-order chi connectivity index (χ1) is 9.97. The van der Waals surface area contributed by atoms with Gasteiger partial charge >= 0.3 is 0 Å². The first kappa shape index (κ1) is 15.2. The highest BCUT2D eigenvalue weighted by atomic mass is 79.9. The molecule has 0 saturated carbocycles. The number of halogens is 1. The van der Waals surface area contributed by atoms with Gasteiger partial charge in [-0.15, -0.1) is 0 Å². The van der Waals surface area contributed by atoms with Crippen LogP contribution in [0, 0.1) is 0 Å². The summed E-state index contributed by atoms with van der Waals surface area (Å²) in [6.45, 7) is 0. The summed E-state index contributed by atoms with van der Waals surface area (Å²) in [5, 5.41) is 9.90. The number of rotatable bonds is 4. The van der Waals surface area contributed by atoms with Gasteiger partial charge in [0.15, 0.2) is 11.5 Å². The molecule has 0 saturated heterocycles. The number of nitrogens with zero attached hydrogens (tertiary/aromatic N) is 1. The van der Waals surface area contributed by atoms with Gasteiger partial charge < -0.3 is 26.0 Å². The molecule has 0 aliphatic heterocycles. The second kappa shape index (κ2) is 6.09. The average molecular weight is 354 g/mol. The van der Waals surface area contributed by atoms with E-state index in [2.05, 4.69) is 20.9 Å². The van der Waals surface area contributed by atoms with E-state index in [0.29, 0.717) is 33.9 Å². The Kier molecular flexibility index (Phi) is 4.42. The first-order valence-corrected chi connectivity index (χ1v) is 6.89. The SMILES string of the molecule is COc1cc(Cc2cnc(N)c(Br)c2N)cc(OC)c1O. The van der Waals surface area contributed by atoms with Crippen LogP contribution in [0.5, 0.6) is 17.2 Å². The van der Waals surface area contributed by atoms with E-state index in [1.807, 2.05) is 0 Å². The number of phenols is 1. The third-order valence-electron chi connectivity index (χ3n) is 3.10. The Balaban J connectivity index is 2.42. The lowest BCUT2D eigenvalue weighted by atomic mass is 10.0. The van der Waals surface area contributed by atoms with Crippen molar-refractivity contribution < 1.29 is 14.6 Å². The molecule has 2 aromatic rings. The van der Waals surface area contributed by atoms with E-state index in [9.17, 15) is 5.11 Å². The van der Waals surface area contributed by atoms with Crippen molar-refractivity contribution in [3.05, 3.63) is 33.9 Å². The lowest BCUT2D eigenvalue weighted by Crippen LogP contribution is -2.02. The van der Waals surface area contributed by atoms with E-state index in [1.54, 1.807) is 18.3 Å². The number of hydrogen-bond acceptors (Lipinski definition) is 6. The van der Waals surface area contributed by atoms with E-state index >= 15 is 0 Å². The number of phenolic OH excluding ortho intramolecular Hbond substituents is 1. The molecule has 1 aromatic carbocycles. The summed E-state index contributed by atoms with van der Waals surface area (Å²) in [5.74, 6) is 0.987. The molecule has 2 rings (SSSR count). The predicted octanol–water partition coefficient (Wildman–Crippen LogP) is 2.32. The van der Waals surface area contributed by atoms with Crippen molar-refractivity contribution in [3.63, 3.8) is 0 Å². The van der Waals surface area contributed by atoms with Crippen molar-refractivity contribution in [1.29, 1.82) is 0 Å². The topological polar surface area (TPSA) is 104 Å². The smallest absolute Gasteiger partial charge is 0.200 e. The summed E-state index contributed by atoms with van der Waals surface area (Å²) in [6.07, 6.45) is 2.13. The standard InChI is InChI=1S/C14H16BrN3O3/c1-20-9-4-7(5-10(21-2)13(9)19)3-8-6-18-14(17)11(15)12(8)16/h4-6,19H,3H2,1-2H3,(H4,16,17,18). The van der Waals surface area contributed by atoms with Crippen molar-refractivity contribution >= 4 is 27.4 Å². The van der Waals surface area contributed by atoms with Crippen LogP contribution >= 0.6 is 15.9 Å². The number of hydrogen-bond donors (Lipinski definition) is 3. The van der Waals surface area contributed by atoms with Crippen molar-refractivity contribution in [2.24, 2.45) is 0 Å². The molecule has 112 valence electrons. The largest absolute Gasteiger partial charge is 0.502 e. The van der Waals surface area contributed by atoms with Gasteiger partial charge in [-0.2, -0.15) is 0 Å². The minimum absolute atomic E-state index is 0.0340. The Bertz CT molecular complexity index is 652. The maximum atomic E-state index is 9.90. The molecule has 0 fully saturated rings. The molecule has 1 aromatic heterocycles. The molecule has 6 nitrogen and oxygen atoms in total. The van der Waals surface area contributed by atoms with Crippen LogP contribution in [0.15, 0.2) is 22.8 Å². The third kappa shape index (κ3) is 2.97. The van der Waals surface area contributed by atoms with Gasteiger partial charge in [0.2, 0.25) is 5.75 Å². The van der Waals surface area contributed by atoms with Gasteiger partial charge in [0.1, 0.15) is 5.82 Å². The van der Waals surface area contributed by atoms with E-state index in [-0.39, 0.29) is 5.75 Å². The van der Waals surface area contributed by atoms with Crippen LogP contribution < -0.4 is 20.9 Å². The van der Waals surface area contributed by atoms with Crippen LogP contribution in [0.3, 0.4) is 0 Å². The molecule has 0 unspecified atom stereocenters. The fourth-order valence-corrected chi connectivity index (χ4v) is 2.32. The molecule has 21 heavy (non-hydrogen) atoms. The molecular formula is C14H16BrN3O3. The predicted molar refractivity (Wildman–Crippen MR) is 84.8 cm³/mol. The van der Waals surface area contributed by atoms with Crippen LogP contribution in [-0.2, 0) is 6.42 Å². The van der Waals surface area contributed by atoms with Crippen LogP contribution in [-0.4, -0.2) is 24.3 Å². The molecule has 0 aliphatic rings. The van der Waals surface area contributed by atoms with Crippen LogP contribution in [0.1, 0.15) is 11.1 Å². The van der Waals surface area contributed by atoms with Gasteiger partial charge in [-0.3, -0.25) is 0 Å². The summed E-state index contributed by atoms with van der Waals surface area (Å²) in [6, 6.07) is 3.45. The Morgan fingerprint density at radius 1 is 1.19 bits per heavy atom. The number of benzene rings is 1. The van der Waals surface area contributed by atoms with E-state index in [1.165, 1.54) is 14.2 Å². The molecule has 0 spiro atoms. The molecular weight excluding hydrogens is 338 g/mol. The van der Waals surface area contributed by atoms with E-state index < -0.39 is 0 Å². The number of nitrogens with two attached hydrogens (primary N) is 2. The summed E-state index contributed by atoms with van der Waals surface area (Å²) in [4.78, 5) is 4.08. The van der Waals surface area contributed by atoms with Crippen LogP contribution in [0.4, 0.5) is 11.5 Å². The van der Waals surface area contributed by atoms with Gasteiger partial charge in [0, 0.05) is 12.6 Å². The summed E-state index contributed by atoms with van der Waals surface area (Å²) < 4.78 is 10.8. The highest BCUT2D eigenvalue weighted by Crippen LogP contribution is 2.38. The number of aromatic nitrogens is 1. The Labute approximate surface area is 130 Å². The maximum Gasteiger partial charge on any atom is 0.200 e. The maximum absolute atomic E-state index is 9.90. The van der Waals surface area contributed by atoms with E-state index in [4.69, 9.17) is 20.9 Å². The lowest BCUT2D eigenvalue weighted by Gasteiger charge is -2.13. The fraction of sp³-hybridized carbons (Fsp3) is 0.214. The second-order valence-electron chi connectivity index (χ2n) is 4.42. The van der Waals surface area contributed by atoms with Crippen LogP contribution in [0.2, 0.25) is 0 Å². The summed E-state index contributed by atoms with van der Waals surface area (Å²) >= 11 is 3.31. The number of aromatic hydroxyl groups is 1. The number of nitrogen functional groups attached to an aromatic ring is 2. The van der Waals surface area contributed by atoms with Crippen molar-refractivity contribution in [2.75, 3.05) is 25.7 Å². The normalized spacial score (nSPS) is 10.4. The number of methoxy groups -OCH3 is 2. The fourth-order valence-electron chi connectivity index (χ4n) is 1.96. The minimum Gasteiger partial charge on any atom is -0.502 e. The van der Waals surface area contributed by atoms with Gasteiger partial charge in [-0.25, -0.2) is 4.98 Å². The molecule has 0 radical (unpaired) electrons. The second-order valence-corrected chi connectivity index (χ2v) is 5.22. The average Bonchev–Trinajstić information content (AvgIpc) is 2.49. The zero-order valence-corrected chi connectivity index (χ0v) is 13.3. The Morgan fingerprint density at radius 3 is 2.29 bits per heavy atom. The van der Waals surface area contributed by atoms with Crippen molar-refractivity contribution in [1.82, 2.24) is 4.98 Å². The van der Waals surface area contributed by atoms with Gasteiger partial charge in [0.25, 0.3) is 0 Å². The zero-order chi connectivity index (χ0) is 15.6. The third-order valence-corrected chi connectivity index (χ3v) is 3.93. The molecule has 5 N–H and O–H groups in total. The summed E-state index contributed by atoms with van der Waals surface area (Å²) in [5.41, 5.74) is 13.9. The molecule has 1 heterocycles. The first-order valence-electron chi connectivity index (χ1n) is 6.10. The minimum atomic E-state index is -0.0340.